The van der Waals surface area contributed by atoms with E-state index in [1.807, 2.05) is 12.1 Å². The van der Waals surface area contributed by atoms with Gasteiger partial charge in [-0.15, -0.1) is 0 Å². The number of halogens is 1. The molecule has 0 spiro atoms. The van der Waals surface area contributed by atoms with Gasteiger partial charge in [0, 0.05) is 23.0 Å². The van der Waals surface area contributed by atoms with Crippen LogP contribution in [0.4, 0.5) is 10.1 Å². The summed E-state index contributed by atoms with van der Waals surface area (Å²) in [7, 11) is 0. The fourth-order valence-electron chi connectivity index (χ4n) is 4.90. The summed E-state index contributed by atoms with van der Waals surface area (Å²) in [5.41, 5.74) is 4.14. The summed E-state index contributed by atoms with van der Waals surface area (Å²) in [6, 6.07) is 14.0. The predicted octanol–water partition coefficient (Wildman–Crippen LogP) is 5.49. The van der Waals surface area contributed by atoms with Crippen molar-refractivity contribution in [3.05, 3.63) is 65.6 Å². The topological polar surface area (TPSA) is 39.3 Å². The van der Waals surface area contributed by atoms with Crippen LogP contribution in [0.5, 0.6) is 0 Å². The molecule has 5 rings (SSSR count). The number of aromatic amines is 1. The van der Waals surface area contributed by atoms with E-state index in [0.717, 1.165) is 31.2 Å². The first kappa shape index (κ1) is 19.2. The maximum atomic E-state index is 13.5. The van der Waals surface area contributed by atoms with Gasteiger partial charge in [0.2, 0.25) is 0 Å². The molecule has 30 heavy (non-hydrogen) atoms. The van der Waals surface area contributed by atoms with Crippen LogP contribution < -0.4 is 4.90 Å². The first-order valence-corrected chi connectivity index (χ1v) is 11.0. The van der Waals surface area contributed by atoms with E-state index in [4.69, 9.17) is 12.2 Å². The lowest BCUT2D eigenvalue weighted by molar-refractivity contribution is -0.120. The van der Waals surface area contributed by atoms with Gasteiger partial charge in [0.05, 0.1) is 11.7 Å². The van der Waals surface area contributed by atoms with Crippen molar-refractivity contribution < 1.29 is 9.18 Å². The number of unbranched alkanes of at least 4 members (excludes halogenated alkanes) is 2. The van der Waals surface area contributed by atoms with Crippen molar-refractivity contribution in [2.24, 2.45) is 0 Å². The van der Waals surface area contributed by atoms with Crippen LogP contribution in [0.1, 0.15) is 49.9 Å². The number of fused-ring (bicyclic) bond motifs is 4. The van der Waals surface area contributed by atoms with Crippen molar-refractivity contribution in [2.75, 3.05) is 4.90 Å². The van der Waals surface area contributed by atoms with E-state index >= 15 is 0 Å². The lowest BCUT2D eigenvalue weighted by atomic mass is 9.90. The lowest BCUT2D eigenvalue weighted by Crippen LogP contribution is -2.43. The number of hydrogen-bond acceptors (Lipinski definition) is 2. The van der Waals surface area contributed by atoms with Gasteiger partial charge >= 0.3 is 0 Å². The number of H-pyrrole nitrogens is 1. The maximum absolute atomic E-state index is 13.5. The van der Waals surface area contributed by atoms with Gasteiger partial charge in [-0.05, 0) is 54.5 Å². The van der Waals surface area contributed by atoms with E-state index in [0.29, 0.717) is 17.2 Å². The van der Waals surface area contributed by atoms with E-state index in [1.54, 1.807) is 17.0 Å². The third-order valence-electron chi connectivity index (χ3n) is 6.33. The minimum atomic E-state index is -0.326. The van der Waals surface area contributed by atoms with Gasteiger partial charge in [-0.3, -0.25) is 9.69 Å². The quantitative estimate of drug-likeness (QED) is 0.438. The number of anilines is 1. The molecule has 2 aliphatic rings. The molecule has 4 nitrogen and oxygen atoms in total. The highest BCUT2D eigenvalue weighted by Gasteiger charge is 2.50. The largest absolute Gasteiger partial charge is 0.356 e. The molecule has 1 saturated heterocycles. The normalized spacial score (nSPS) is 20.7. The van der Waals surface area contributed by atoms with Gasteiger partial charge in [0.15, 0.2) is 5.11 Å². The summed E-state index contributed by atoms with van der Waals surface area (Å²) in [5.74, 6) is -0.351. The van der Waals surface area contributed by atoms with Crippen LogP contribution in [-0.4, -0.2) is 26.9 Å². The number of benzene rings is 2. The van der Waals surface area contributed by atoms with Crippen molar-refractivity contribution in [1.82, 2.24) is 9.88 Å². The van der Waals surface area contributed by atoms with Crippen LogP contribution >= 0.6 is 12.2 Å². The van der Waals surface area contributed by atoms with Crippen LogP contribution in [-0.2, 0) is 11.2 Å². The molecule has 1 N–H and O–H groups in total. The number of para-hydroxylation sites is 1. The Morgan fingerprint density at radius 2 is 1.90 bits per heavy atom. The van der Waals surface area contributed by atoms with Gasteiger partial charge in [-0.1, -0.05) is 44.4 Å². The number of nitrogens with one attached hydrogen (secondary N) is 1. The molecule has 2 atom stereocenters. The third kappa shape index (κ3) is 2.93. The highest BCUT2D eigenvalue weighted by Crippen LogP contribution is 2.44. The average Bonchev–Trinajstić information content (AvgIpc) is 3.24. The number of thiocarbonyl (C=S) groups is 1. The summed E-state index contributed by atoms with van der Waals surface area (Å²) in [5, 5.41) is 1.70. The van der Waals surface area contributed by atoms with Gasteiger partial charge in [-0.25, -0.2) is 4.39 Å². The van der Waals surface area contributed by atoms with Crippen LogP contribution in [0.3, 0.4) is 0 Å². The van der Waals surface area contributed by atoms with E-state index in [9.17, 15) is 9.18 Å². The Morgan fingerprint density at radius 3 is 2.67 bits per heavy atom. The Labute approximate surface area is 180 Å². The second kappa shape index (κ2) is 7.51. The van der Waals surface area contributed by atoms with Gasteiger partial charge in [0.1, 0.15) is 11.9 Å². The van der Waals surface area contributed by atoms with Crippen LogP contribution in [0.2, 0.25) is 0 Å². The van der Waals surface area contributed by atoms with Gasteiger partial charge in [-0.2, -0.15) is 0 Å². The van der Waals surface area contributed by atoms with Crippen molar-refractivity contribution >= 4 is 39.8 Å². The second-order valence-electron chi connectivity index (χ2n) is 8.13. The summed E-state index contributed by atoms with van der Waals surface area (Å²) in [4.78, 5) is 20.8. The summed E-state index contributed by atoms with van der Waals surface area (Å²) in [6.07, 6.45) is 4.93. The summed E-state index contributed by atoms with van der Waals surface area (Å²) >= 11 is 5.82. The van der Waals surface area contributed by atoms with Gasteiger partial charge in [0.25, 0.3) is 5.91 Å². The number of carbonyl (C=O) groups is 1. The summed E-state index contributed by atoms with van der Waals surface area (Å²) < 4.78 is 13.4. The zero-order valence-corrected chi connectivity index (χ0v) is 17.7. The first-order valence-electron chi connectivity index (χ1n) is 10.6. The van der Waals surface area contributed by atoms with Crippen molar-refractivity contribution in [2.45, 2.75) is 51.1 Å². The molecule has 1 fully saturated rings. The number of aromatic nitrogens is 1. The van der Waals surface area contributed by atoms with E-state index < -0.39 is 0 Å². The number of carbonyl (C=O) groups excluding carboxylic acids is 1. The van der Waals surface area contributed by atoms with Crippen molar-refractivity contribution in [1.29, 1.82) is 0 Å². The maximum Gasteiger partial charge on any atom is 0.256 e. The van der Waals surface area contributed by atoms with Crippen LogP contribution in [0.25, 0.3) is 10.9 Å². The highest BCUT2D eigenvalue weighted by atomic mass is 32.1. The number of hydrogen-bond donors (Lipinski definition) is 1. The monoisotopic (exact) mass is 421 g/mol. The molecule has 1 aromatic heterocycles. The zero-order chi connectivity index (χ0) is 20.8. The van der Waals surface area contributed by atoms with Crippen LogP contribution in [0, 0.1) is 5.82 Å². The third-order valence-corrected chi connectivity index (χ3v) is 6.73. The molecule has 2 aromatic carbocycles. The standard InChI is InChI=1S/C24H24FN3OS/c1-2-3-4-9-20-22-18(17-7-5-6-8-19(17)26-22)14-21-23(29)27(24(30)28(20)21)16-12-10-15(25)11-13-16/h5-8,10-13,20-21,26H,2-4,9,14H2,1H3/t20-,21+/m0/s1. The molecule has 154 valence electrons. The molecular formula is C24H24FN3OS. The minimum Gasteiger partial charge on any atom is -0.356 e. The molecule has 0 bridgehead atoms. The Bertz CT molecular complexity index is 1120. The molecule has 2 aliphatic heterocycles. The first-order chi connectivity index (χ1) is 14.6. The average molecular weight is 422 g/mol. The van der Waals surface area contributed by atoms with E-state index in [-0.39, 0.29) is 23.8 Å². The smallest absolute Gasteiger partial charge is 0.256 e. The fraction of sp³-hybridized carbons (Fsp3) is 0.333. The number of amides is 1. The fourth-order valence-corrected chi connectivity index (χ4v) is 5.35. The molecule has 0 aliphatic carbocycles. The Kier molecular flexibility index (Phi) is 4.82. The number of rotatable bonds is 5. The molecule has 0 unspecified atom stereocenters. The lowest BCUT2D eigenvalue weighted by Gasteiger charge is -2.37. The molecule has 0 saturated carbocycles. The van der Waals surface area contributed by atoms with Crippen LogP contribution in [0.15, 0.2) is 48.5 Å². The molecule has 3 heterocycles. The SMILES string of the molecule is CCCCC[C@H]1c2[nH]c3ccccc3c2C[C@@H]2C(=O)N(c3ccc(F)cc3)C(=S)N21. The van der Waals surface area contributed by atoms with E-state index in [2.05, 4.69) is 28.9 Å². The predicted molar refractivity (Wildman–Crippen MR) is 121 cm³/mol. The van der Waals surface area contributed by atoms with Gasteiger partial charge < -0.3 is 9.88 Å². The Balaban J connectivity index is 1.58. The van der Waals surface area contributed by atoms with Crippen molar-refractivity contribution in [3.8, 4) is 0 Å². The number of nitrogens with zero attached hydrogens (tertiary/aromatic N) is 2. The van der Waals surface area contributed by atoms with E-state index in [1.165, 1.54) is 28.8 Å². The zero-order valence-electron chi connectivity index (χ0n) is 16.9. The summed E-state index contributed by atoms with van der Waals surface area (Å²) in [6.45, 7) is 2.19. The molecule has 6 heteroatoms. The van der Waals surface area contributed by atoms with Crippen molar-refractivity contribution in [3.63, 3.8) is 0 Å². The molecule has 0 radical (unpaired) electrons. The Hall–Kier alpha value is -2.73. The Morgan fingerprint density at radius 1 is 1.13 bits per heavy atom. The molecule has 3 aromatic rings. The molecular weight excluding hydrogens is 397 g/mol. The highest BCUT2D eigenvalue weighted by molar-refractivity contribution is 7.80. The second-order valence-corrected chi connectivity index (χ2v) is 8.50. The minimum absolute atomic E-state index is 0.0250. The molecule has 1 amide bonds.